The van der Waals surface area contributed by atoms with E-state index in [0.29, 0.717) is 18.5 Å². The number of likely N-dealkylation sites (tertiary alicyclic amines) is 1. The van der Waals surface area contributed by atoms with E-state index in [0.717, 1.165) is 32.2 Å². The smallest absolute Gasteiger partial charge is 0.234 e. The van der Waals surface area contributed by atoms with E-state index in [1.165, 1.54) is 0 Å². The van der Waals surface area contributed by atoms with Crippen LogP contribution in [0.5, 0.6) is 0 Å². The Morgan fingerprint density at radius 3 is 2.38 bits per heavy atom. The van der Waals surface area contributed by atoms with Crippen molar-refractivity contribution in [1.82, 2.24) is 10.2 Å². The molecule has 0 aromatic carbocycles. The molecule has 2 rings (SSSR count). The van der Waals surface area contributed by atoms with Gasteiger partial charge in [0.2, 0.25) is 11.8 Å². The zero-order valence-electron chi connectivity index (χ0n) is 14.8. The lowest BCUT2D eigenvalue weighted by Crippen LogP contribution is -2.70. The van der Waals surface area contributed by atoms with Gasteiger partial charge in [-0.25, -0.2) is 0 Å². The number of nitrogens with two attached hydrogens (primary N) is 2. The Labute approximate surface area is 144 Å². The van der Waals surface area contributed by atoms with E-state index in [2.05, 4.69) is 19.2 Å². The van der Waals surface area contributed by atoms with Crippen molar-refractivity contribution in [2.45, 2.75) is 70.7 Å². The highest BCUT2D eigenvalue weighted by atomic mass is 16.3. The van der Waals surface area contributed by atoms with Crippen molar-refractivity contribution < 1.29 is 14.7 Å². The predicted molar refractivity (Wildman–Crippen MR) is 91.7 cm³/mol. The van der Waals surface area contributed by atoms with Crippen molar-refractivity contribution in [3.8, 4) is 0 Å². The van der Waals surface area contributed by atoms with Crippen LogP contribution in [0.2, 0.25) is 0 Å². The molecule has 138 valence electrons. The lowest BCUT2D eigenvalue weighted by atomic mass is 9.65. The summed E-state index contributed by atoms with van der Waals surface area (Å²) in [7, 11) is 0. The number of primary amides is 2. The molecule has 1 aliphatic heterocycles. The molecule has 0 radical (unpaired) electrons. The number of nitrogens with one attached hydrogen (secondary N) is 1. The van der Waals surface area contributed by atoms with Crippen LogP contribution in [0.4, 0.5) is 0 Å². The molecule has 1 spiro atoms. The maximum atomic E-state index is 11.7. The topological polar surface area (TPSA) is 122 Å². The van der Waals surface area contributed by atoms with Crippen LogP contribution >= 0.6 is 0 Å². The maximum absolute atomic E-state index is 11.7. The van der Waals surface area contributed by atoms with Gasteiger partial charge < -0.3 is 21.9 Å². The van der Waals surface area contributed by atoms with Crippen LogP contribution < -0.4 is 16.8 Å². The third kappa shape index (κ3) is 4.26. The minimum atomic E-state index is -0.658. The molecule has 6 N–H and O–H groups in total. The monoisotopic (exact) mass is 340 g/mol. The molecule has 1 aliphatic carbocycles. The van der Waals surface area contributed by atoms with Crippen molar-refractivity contribution >= 4 is 11.8 Å². The normalized spacial score (nSPS) is 31.8. The summed E-state index contributed by atoms with van der Waals surface area (Å²) in [5.41, 5.74) is 10.5. The first-order valence-electron chi connectivity index (χ1n) is 9.00. The van der Waals surface area contributed by atoms with Crippen LogP contribution in [0.15, 0.2) is 0 Å². The largest absolute Gasteiger partial charge is 0.378 e. The first-order valence-corrected chi connectivity index (χ1v) is 9.00. The molecule has 0 aromatic heterocycles. The van der Waals surface area contributed by atoms with Crippen molar-refractivity contribution in [2.24, 2.45) is 22.8 Å². The van der Waals surface area contributed by atoms with Crippen LogP contribution in [0, 0.1) is 11.3 Å². The van der Waals surface area contributed by atoms with Crippen molar-refractivity contribution in [1.29, 1.82) is 0 Å². The Balaban J connectivity index is 1.86. The zero-order chi connectivity index (χ0) is 17.9. The fraction of sp³-hybridized carbons (Fsp3) is 0.882. The fourth-order valence-electron chi connectivity index (χ4n) is 4.02. The van der Waals surface area contributed by atoms with Gasteiger partial charge in [-0.15, -0.1) is 0 Å². The van der Waals surface area contributed by atoms with E-state index in [1.807, 2.05) is 0 Å². The average molecular weight is 340 g/mol. The van der Waals surface area contributed by atoms with Gasteiger partial charge in [-0.05, 0) is 44.6 Å². The van der Waals surface area contributed by atoms with Gasteiger partial charge in [-0.2, -0.15) is 0 Å². The number of nitrogens with zero attached hydrogens (tertiary/aromatic N) is 1. The second-order valence-corrected chi connectivity index (χ2v) is 7.91. The Bertz CT molecular complexity index is 461. The van der Waals surface area contributed by atoms with Gasteiger partial charge in [0.15, 0.2) is 0 Å². The van der Waals surface area contributed by atoms with E-state index in [9.17, 15) is 14.7 Å². The Morgan fingerprint density at radius 1 is 1.29 bits per heavy atom. The van der Waals surface area contributed by atoms with E-state index in [-0.39, 0.29) is 18.3 Å². The predicted octanol–water partition coefficient (Wildman–Crippen LogP) is -0.0856. The second kappa shape index (κ2) is 7.80. The molecule has 1 heterocycles. The highest BCUT2D eigenvalue weighted by molar-refractivity contribution is 5.81. The van der Waals surface area contributed by atoms with Gasteiger partial charge in [0.25, 0.3) is 0 Å². The van der Waals surface area contributed by atoms with Crippen LogP contribution in [-0.2, 0) is 9.59 Å². The average Bonchev–Trinajstić information content (AvgIpc) is 2.52. The molecular formula is C17H32N4O3. The molecule has 2 amide bonds. The van der Waals surface area contributed by atoms with Crippen molar-refractivity contribution in [3.63, 3.8) is 0 Å². The first-order chi connectivity index (χ1) is 11.2. The summed E-state index contributed by atoms with van der Waals surface area (Å²) < 4.78 is 0. The van der Waals surface area contributed by atoms with E-state index >= 15 is 0 Å². The summed E-state index contributed by atoms with van der Waals surface area (Å²) in [4.78, 5) is 24.4. The summed E-state index contributed by atoms with van der Waals surface area (Å²) in [5, 5.41) is 14.2. The van der Waals surface area contributed by atoms with Crippen LogP contribution in [0.25, 0.3) is 0 Å². The van der Waals surface area contributed by atoms with Crippen LogP contribution in [0.3, 0.4) is 0 Å². The SMILES string of the molecule is CC(C)CNC1CCC2(CC1)CN(C(CCC(N)=O)C(N)=O)C2O. The molecule has 2 fully saturated rings. The van der Waals surface area contributed by atoms with Crippen molar-refractivity contribution in [3.05, 3.63) is 0 Å². The molecule has 2 unspecified atom stereocenters. The number of rotatable bonds is 8. The quantitative estimate of drug-likeness (QED) is 0.492. The highest BCUT2D eigenvalue weighted by Gasteiger charge is 2.55. The molecule has 7 heteroatoms. The Hall–Kier alpha value is -1.18. The zero-order valence-corrected chi connectivity index (χ0v) is 14.8. The van der Waals surface area contributed by atoms with Crippen LogP contribution in [0.1, 0.15) is 52.4 Å². The lowest BCUT2D eigenvalue weighted by molar-refractivity contribution is -0.224. The number of carbonyl (C=O) groups is 2. The maximum Gasteiger partial charge on any atom is 0.234 e. The minimum absolute atomic E-state index is 0.102. The third-order valence-electron chi connectivity index (χ3n) is 5.55. The molecule has 2 aliphatic rings. The summed E-state index contributed by atoms with van der Waals surface area (Å²) >= 11 is 0. The summed E-state index contributed by atoms with van der Waals surface area (Å²) in [5.74, 6) is -0.326. The Morgan fingerprint density at radius 2 is 1.92 bits per heavy atom. The number of hydrogen-bond donors (Lipinski definition) is 4. The molecule has 1 saturated heterocycles. The number of hydrogen-bond acceptors (Lipinski definition) is 5. The molecule has 1 saturated carbocycles. The lowest BCUT2D eigenvalue weighted by Gasteiger charge is -2.59. The Kier molecular flexibility index (Phi) is 6.22. The summed E-state index contributed by atoms with van der Waals surface area (Å²) in [6, 6.07) is -0.101. The summed E-state index contributed by atoms with van der Waals surface area (Å²) in [6.45, 7) is 6.07. The second-order valence-electron chi connectivity index (χ2n) is 7.91. The molecule has 2 atom stereocenters. The standard InChI is InChI=1S/C17H32N4O3/c1-11(2)9-20-12-5-7-17(8-6-12)10-21(16(17)24)13(15(19)23)3-4-14(18)22/h11-13,16,20,24H,3-10H2,1-2H3,(H2,18,22)(H2,19,23). The van der Waals surface area contributed by atoms with Gasteiger partial charge in [-0.1, -0.05) is 13.8 Å². The van der Waals surface area contributed by atoms with E-state index in [4.69, 9.17) is 11.5 Å². The van der Waals surface area contributed by atoms with E-state index in [1.54, 1.807) is 4.90 Å². The minimum Gasteiger partial charge on any atom is -0.378 e. The molecular weight excluding hydrogens is 308 g/mol. The fourth-order valence-corrected chi connectivity index (χ4v) is 4.02. The van der Waals surface area contributed by atoms with Gasteiger partial charge >= 0.3 is 0 Å². The molecule has 24 heavy (non-hydrogen) atoms. The van der Waals surface area contributed by atoms with Gasteiger partial charge in [0, 0.05) is 24.4 Å². The summed E-state index contributed by atoms with van der Waals surface area (Å²) in [6.07, 6.45) is 3.69. The van der Waals surface area contributed by atoms with Crippen LogP contribution in [-0.4, -0.2) is 53.2 Å². The van der Waals surface area contributed by atoms with E-state index < -0.39 is 24.1 Å². The molecule has 0 bridgehead atoms. The molecule has 0 aromatic rings. The number of aliphatic hydroxyl groups excluding tert-OH is 1. The van der Waals surface area contributed by atoms with Gasteiger partial charge in [0.05, 0.1) is 6.04 Å². The molecule has 7 nitrogen and oxygen atoms in total. The number of carbonyl (C=O) groups excluding carboxylic acids is 2. The first kappa shape index (κ1) is 19.1. The number of aliphatic hydroxyl groups is 1. The van der Waals surface area contributed by atoms with Crippen molar-refractivity contribution in [2.75, 3.05) is 13.1 Å². The highest BCUT2D eigenvalue weighted by Crippen LogP contribution is 2.49. The third-order valence-corrected chi connectivity index (χ3v) is 5.55. The van der Waals surface area contributed by atoms with Gasteiger partial charge in [-0.3, -0.25) is 14.5 Å². The number of amides is 2. The van der Waals surface area contributed by atoms with Gasteiger partial charge in [0.1, 0.15) is 6.23 Å².